The van der Waals surface area contributed by atoms with Gasteiger partial charge in [-0.25, -0.2) is 0 Å². The van der Waals surface area contributed by atoms with E-state index in [2.05, 4.69) is 51.5 Å². The Kier molecular flexibility index (Phi) is 6.56. The third-order valence-corrected chi connectivity index (χ3v) is 3.70. The number of rotatable bonds is 8. The quantitative estimate of drug-likeness (QED) is 0.727. The molecule has 1 unspecified atom stereocenters. The van der Waals surface area contributed by atoms with Crippen molar-refractivity contribution in [3.63, 3.8) is 0 Å². The van der Waals surface area contributed by atoms with Crippen LogP contribution < -0.4 is 5.32 Å². The number of nitrogens with one attached hydrogen (secondary N) is 1. The Morgan fingerprint density at radius 2 is 1.89 bits per heavy atom. The fraction of sp³-hybridized carbons (Fsp3) is 0.812. The van der Waals surface area contributed by atoms with Crippen LogP contribution in [0.3, 0.4) is 0 Å². The van der Waals surface area contributed by atoms with Crippen LogP contribution in [0.15, 0.2) is 0 Å². The third kappa shape index (κ3) is 4.64. The highest BCUT2D eigenvalue weighted by Crippen LogP contribution is 2.20. The van der Waals surface area contributed by atoms with Gasteiger partial charge < -0.3 is 5.32 Å². The lowest BCUT2D eigenvalue weighted by atomic mass is 10.1. The summed E-state index contributed by atoms with van der Waals surface area (Å²) in [5.41, 5.74) is 3.98. The molecule has 19 heavy (non-hydrogen) atoms. The van der Waals surface area contributed by atoms with Gasteiger partial charge in [0.15, 0.2) is 0 Å². The van der Waals surface area contributed by atoms with Crippen molar-refractivity contribution >= 4 is 0 Å². The molecule has 1 aromatic heterocycles. The lowest BCUT2D eigenvalue weighted by Crippen LogP contribution is -2.22. The second-order valence-electron chi connectivity index (χ2n) is 6.08. The summed E-state index contributed by atoms with van der Waals surface area (Å²) in [6.07, 6.45) is 3.50. The van der Waals surface area contributed by atoms with Gasteiger partial charge in [-0.3, -0.25) is 4.68 Å². The van der Waals surface area contributed by atoms with E-state index in [0.29, 0.717) is 6.04 Å². The van der Waals surface area contributed by atoms with E-state index in [4.69, 9.17) is 5.10 Å². The molecule has 1 aromatic rings. The Balaban J connectivity index is 2.63. The topological polar surface area (TPSA) is 29.9 Å². The molecular formula is C16H31N3. The molecule has 1 N–H and O–H groups in total. The maximum absolute atomic E-state index is 4.73. The van der Waals surface area contributed by atoms with E-state index in [1.807, 2.05) is 0 Å². The Morgan fingerprint density at radius 3 is 2.47 bits per heavy atom. The van der Waals surface area contributed by atoms with Crippen LogP contribution >= 0.6 is 0 Å². The van der Waals surface area contributed by atoms with Gasteiger partial charge in [0.05, 0.1) is 5.69 Å². The molecule has 3 nitrogen and oxygen atoms in total. The van der Waals surface area contributed by atoms with Crippen LogP contribution in [0.5, 0.6) is 0 Å². The van der Waals surface area contributed by atoms with Gasteiger partial charge in [-0.2, -0.15) is 5.10 Å². The largest absolute Gasteiger partial charge is 0.316 e. The molecule has 1 atom stereocenters. The zero-order valence-electron chi connectivity index (χ0n) is 13.6. The molecule has 110 valence electrons. The first kappa shape index (κ1) is 16.2. The van der Waals surface area contributed by atoms with Gasteiger partial charge in [-0.05, 0) is 58.2 Å². The lowest BCUT2D eigenvalue weighted by Gasteiger charge is -2.13. The van der Waals surface area contributed by atoms with Crippen molar-refractivity contribution < 1.29 is 0 Å². The van der Waals surface area contributed by atoms with Crippen LogP contribution in [-0.4, -0.2) is 22.9 Å². The van der Waals surface area contributed by atoms with E-state index in [0.717, 1.165) is 25.4 Å². The predicted molar refractivity (Wildman–Crippen MR) is 82.7 cm³/mol. The van der Waals surface area contributed by atoms with Gasteiger partial charge in [0.2, 0.25) is 0 Å². The van der Waals surface area contributed by atoms with Crippen molar-refractivity contribution in [2.75, 3.05) is 13.1 Å². The van der Waals surface area contributed by atoms with Crippen LogP contribution in [0.1, 0.15) is 63.5 Å². The number of hydrogen-bond donors (Lipinski definition) is 1. The minimum absolute atomic E-state index is 0.515. The Morgan fingerprint density at radius 1 is 1.21 bits per heavy atom. The SMILES string of the molecule is CCCC(C)n1nc(C)c(CCNCC(C)C)c1C. The zero-order chi connectivity index (χ0) is 14.4. The minimum atomic E-state index is 0.515. The van der Waals surface area contributed by atoms with Crippen molar-refractivity contribution in [3.05, 3.63) is 17.0 Å². The van der Waals surface area contributed by atoms with Gasteiger partial charge in [0, 0.05) is 11.7 Å². The van der Waals surface area contributed by atoms with Gasteiger partial charge in [0.25, 0.3) is 0 Å². The zero-order valence-corrected chi connectivity index (χ0v) is 13.6. The highest BCUT2D eigenvalue weighted by Gasteiger charge is 2.14. The molecule has 0 saturated carbocycles. The summed E-state index contributed by atoms with van der Waals surface area (Å²) in [4.78, 5) is 0. The smallest absolute Gasteiger partial charge is 0.0629 e. The first-order valence-corrected chi connectivity index (χ1v) is 7.72. The minimum Gasteiger partial charge on any atom is -0.316 e. The third-order valence-electron chi connectivity index (χ3n) is 3.70. The fourth-order valence-electron chi connectivity index (χ4n) is 2.63. The highest BCUT2D eigenvalue weighted by molar-refractivity contribution is 5.25. The molecular weight excluding hydrogens is 234 g/mol. The van der Waals surface area contributed by atoms with Crippen LogP contribution in [-0.2, 0) is 6.42 Å². The standard InChI is InChI=1S/C16H31N3/c1-7-8-13(4)19-15(6)16(14(5)18-19)9-10-17-11-12(2)3/h12-13,17H,7-11H2,1-6H3. The summed E-state index contributed by atoms with van der Waals surface area (Å²) in [5.74, 6) is 0.717. The van der Waals surface area contributed by atoms with Crippen molar-refractivity contribution in [2.24, 2.45) is 5.92 Å². The molecule has 0 amide bonds. The van der Waals surface area contributed by atoms with Gasteiger partial charge >= 0.3 is 0 Å². The average Bonchev–Trinajstić information content (AvgIpc) is 2.61. The van der Waals surface area contributed by atoms with E-state index >= 15 is 0 Å². The normalized spacial score (nSPS) is 13.2. The summed E-state index contributed by atoms with van der Waals surface area (Å²) < 4.78 is 2.22. The van der Waals surface area contributed by atoms with Gasteiger partial charge in [-0.1, -0.05) is 27.2 Å². The van der Waals surface area contributed by atoms with E-state index < -0.39 is 0 Å². The van der Waals surface area contributed by atoms with Crippen molar-refractivity contribution in [3.8, 4) is 0 Å². The van der Waals surface area contributed by atoms with E-state index in [9.17, 15) is 0 Å². The molecule has 3 heteroatoms. The average molecular weight is 265 g/mol. The lowest BCUT2D eigenvalue weighted by molar-refractivity contribution is 0.443. The summed E-state index contributed by atoms with van der Waals surface area (Å²) >= 11 is 0. The van der Waals surface area contributed by atoms with Crippen LogP contribution in [0.2, 0.25) is 0 Å². The number of nitrogens with zero attached hydrogens (tertiary/aromatic N) is 2. The molecule has 0 aliphatic carbocycles. The Labute approximate surface area is 118 Å². The Hall–Kier alpha value is -0.830. The van der Waals surface area contributed by atoms with Gasteiger partial charge in [-0.15, -0.1) is 0 Å². The first-order valence-electron chi connectivity index (χ1n) is 7.72. The van der Waals surface area contributed by atoms with Crippen LogP contribution in [0.4, 0.5) is 0 Å². The maximum Gasteiger partial charge on any atom is 0.0629 e. The molecule has 0 spiro atoms. The molecule has 0 saturated heterocycles. The molecule has 0 bridgehead atoms. The molecule has 0 aromatic carbocycles. The Bertz CT molecular complexity index is 380. The summed E-state index contributed by atoms with van der Waals surface area (Å²) in [6, 6.07) is 0.515. The van der Waals surface area contributed by atoms with E-state index in [1.54, 1.807) is 0 Å². The van der Waals surface area contributed by atoms with Gasteiger partial charge in [0.1, 0.15) is 0 Å². The predicted octanol–water partition coefficient (Wildman–Crippen LogP) is 3.65. The molecule has 0 fully saturated rings. The van der Waals surface area contributed by atoms with Crippen LogP contribution in [0, 0.1) is 19.8 Å². The van der Waals surface area contributed by atoms with Crippen molar-refractivity contribution in [1.82, 2.24) is 15.1 Å². The molecule has 0 radical (unpaired) electrons. The number of hydrogen-bond acceptors (Lipinski definition) is 2. The van der Waals surface area contributed by atoms with E-state index in [1.165, 1.54) is 29.8 Å². The molecule has 1 heterocycles. The van der Waals surface area contributed by atoms with Crippen molar-refractivity contribution in [1.29, 1.82) is 0 Å². The summed E-state index contributed by atoms with van der Waals surface area (Å²) in [5, 5.41) is 8.25. The second-order valence-corrected chi connectivity index (χ2v) is 6.08. The summed E-state index contributed by atoms with van der Waals surface area (Å²) in [7, 11) is 0. The fourth-order valence-corrected chi connectivity index (χ4v) is 2.63. The van der Waals surface area contributed by atoms with Crippen LogP contribution in [0.25, 0.3) is 0 Å². The molecule has 0 aliphatic rings. The number of aromatic nitrogens is 2. The first-order chi connectivity index (χ1) is 8.97. The maximum atomic E-state index is 4.73. The van der Waals surface area contributed by atoms with E-state index in [-0.39, 0.29) is 0 Å². The summed E-state index contributed by atoms with van der Waals surface area (Å²) in [6.45, 7) is 15.5. The van der Waals surface area contributed by atoms with Crippen molar-refractivity contribution in [2.45, 2.75) is 66.8 Å². The molecule has 0 aliphatic heterocycles. The number of aryl methyl sites for hydroxylation is 1. The molecule has 1 rings (SSSR count). The monoisotopic (exact) mass is 265 g/mol. The second kappa shape index (κ2) is 7.68. The highest BCUT2D eigenvalue weighted by atomic mass is 15.3.